The topological polar surface area (TPSA) is 95.1 Å². The Bertz CT molecular complexity index is 1190. The lowest BCUT2D eigenvalue weighted by atomic mass is 10.1. The lowest BCUT2D eigenvalue weighted by Gasteiger charge is -2.18. The molecule has 1 heterocycles. The van der Waals surface area contributed by atoms with Crippen LogP contribution in [0.5, 0.6) is 23.0 Å². The third-order valence-corrected chi connectivity index (χ3v) is 5.18. The number of carbonyl (C=O) groups excluding carboxylic acids is 2. The largest absolute Gasteiger partial charge is 0.497 e. The fourth-order valence-corrected chi connectivity index (χ4v) is 3.36. The normalized spacial score (nSPS) is 12.8. The summed E-state index contributed by atoms with van der Waals surface area (Å²) in [6.07, 6.45) is 3.01. The third-order valence-electron chi connectivity index (χ3n) is 5.18. The SMILES string of the molecule is COc1ccc(NC(=O)C(NC(=O)/C=C/c2ccc3c(c2)OCO3)c2ccc(OC)cc2)cc1. The average Bonchev–Trinajstić information content (AvgIpc) is 3.34. The van der Waals surface area contributed by atoms with Gasteiger partial charge in [0.05, 0.1) is 14.2 Å². The molecule has 2 amide bonds. The second-order valence-corrected chi connectivity index (χ2v) is 7.38. The van der Waals surface area contributed by atoms with Gasteiger partial charge in [-0.2, -0.15) is 0 Å². The number of rotatable bonds is 8. The molecule has 0 aliphatic carbocycles. The summed E-state index contributed by atoms with van der Waals surface area (Å²) >= 11 is 0. The molecule has 2 N–H and O–H groups in total. The van der Waals surface area contributed by atoms with Crippen molar-refractivity contribution in [1.82, 2.24) is 5.32 Å². The highest BCUT2D eigenvalue weighted by Crippen LogP contribution is 2.32. The Kier molecular flexibility index (Phi) is 6.98. The van der Waals surface area contributed by atoms with Gasteiger partial charge in [0.2, 0.25) is 12.7 Å². The molecule has 174 valence electrons. The smallest absolute Gasteiger partial charge is 0.251 e. The molecule has 1 aliphatic rings. The Hall–Kier alpha value is -4.46. The van der Waals surface area contributed by atoms with Gasteiger partial charge < -0.3 is 29.6 Å². The lowest BCUT2D eigenvalue weighted by Crippen LogP contribution is -2.36. The van der Waals surface area contributed by atoms with Crippen LogP contribution < -0.4 is 29.6 Å². The molecule has 8 heteroatoms. The zero-order valence-corrected chi connectivity index (χ0v) is 18.7. The van der Waals surface area contributed by atoms with Gasteiger partial charge in [-0.15, -0.1) is 0 Å². The van der Waals surface area contributed by atoms with Gasteiger partial charge in [-0.1, -0.05) is 18.2 Å². The minimum Gasteiger partial charge on any atom is -0.497 e. The highest BCUT2D eigenvalue weighted by Gasteiger charge is 2.22. The highest BCUT2D eigenvalue weighted by molar-refractivity contribution is 6.00. The van der Waals surface area contributed by atoms with Crippen molar-refractivity contribution >= 4 is 23.6 Å². The first-order valence-corrected chi connectivity index (χ1v) is 10.5. The van der Waals surface area contributed by atoms with Gasteiger partial charge >= 0.3 is 0 Å². The summed E-state index contributed by atoms with van der Waals surface area (Å²) in [4.78, 5) is 25.8. The molecule has 1 aliphatic heterocycles. The van der Waals surface area contributed by atoms with Gasteiger partial charge in [-0.05, 0) is 65.7 Å². The van der Waals surface area contributed by atoms with Crippen molar-refractivity contribution in [3.05, 3.63) is 83.9 Å². The molecule has 34 heavy (non-hydrogen) atoms. The van der Waals surface area contributed by atoms with E-state index in [1.54, 1.807) is 81.0 Å². The zero-order chi connectivity index (χ0) is 23.9. The van der Waals surface area contributed by atoms with E-state index in [4.69, 9.17) is 18.9 Å². The Balaban J connectivity index is 1.50. The molecule has 1 atom stereocenters. The number of methoxy groups -OCH3 is 2. The van der Waals surface area contributed by atoms with Crippen molar-refractivity contribution in [3.63, 3.8) is 0 Å². The van der Waals surface area contributed by atoms with Crippen LogP contribution in [0.3, 0.4) is 0 Å². The molecule has 4 rings (SSSR count). The number of anilines is 1. The number of ether oxygens (including phenoxy) is 4. The van der Waals surface area contributed by atoms with Crippen LogP contribution in [-0.4, -0.2) is 32.8 Å². The van der Waals surface area contributed by atoms with Crippen molar-refractivity contribution in [1.29, 1.82) is 0 Å². The first-order valence-electron chi connectivity index (χ1n) is 10.5. The molecule has 3 aromatic carbocycles. The maximum atomic E-state index is 13.1. The maximum absolute atomic E-state index is 13.1. The van der Waals surface area contributed by atoms with Crippen molar-refractivity contribution in [2.75, 3.05) is 26.3 Å². The van der Waals surface area contributed by atoms with Crippen molar-refractivity contribution in [2.45, 2.75) is 6.04 Å². The molecule has 8 nitrogen and oxygen atoms in total. The van der Waals surface area contributed by atoms with Gasteiger partial charge in [-0.25, -0.2) is 0 Å². The van der Waals surface area contributed by atoms with Crippen LogP contribution in [-0.2, 0) is 9.59 Å². The molecular weight excluding hydrogens is 436 g/mol. The lowest BCUT2D eigenvalue weighted by molar-refractivity contribution is -0.123. The van der Waals surface area contributed by atoms with E-state index in [-0.39, 0.29) is 12.7 Å². The summed E-state index contributed by atoms with van der Waals surface area (Å²) in [5, 5.41) is 5.61. The van der Waals surface area contributed by atoms with Gasteiger partial charge in [0, 0.05) is 11.8 Å². The van der Waals surface area contributed by atoms with Crippen LogP contribution in [0.25, 0.3) is 6.08 Å². The van der Waals surface area contributed by atoms with Crippen molar-refractivity contribution in [3.8, 4) is 23.0 Å². The van der Waals surface area contributed by atoms with Crippen LogP contribution in [0.15, 0.2) is 72.8 Å². The zero-order valence-electron chi connectivity index (χ0n) is 18.7. The fraction of sp³-hybridized carbons (Fsp3) is 0.154. The van der Waals surface area contributed by atoms with Gasteiger partial charge in [0.25, 0.3) is 5.91 Å². The fourth-order valence-electron chi connectivity index (χ4n) is 3.36. The minimum atomic E-state index is -0.929. The Morgan fingerprint density at radius 1 is 0.882 bits per heavy atom. The van der Waals surface area contributed by atoms with Crippen molar-refractivity contribution in [2.24, 2.45) is 0 Å². The molecule has 1 unspecified atom stereocenters. The standard InChI is InChI=1S/C26H24N2O6/c1-31-20-9-5-18(6-10-20)25(26(30)27-19-7-11-21(32-2)12-8-19)28-24(29)14-4-17-3-13-22-23(15-17)34-16-33-22/h3-15,25H,16H2,1-2H3,(H,27,30)(H,28,29)/b14-4+. The monoisotopic (exact) mass is 460 g/mol. The average molecular weight is 460 g/mol. The second-order valence-electron chi connectivity index (χ2n) is 7.38. The third kappa shape index (κ3) is 5.47. The van der Waals surface area contributed by atoms with Crippen LogP contribution >= 0.6 is 0 Å². The van der Waals surface area contributed by atoms with E-state index in [1.165, 1.54) is 6.08 Å². The number of hydrogen-bond acceptors (Lipinski definition) is 6. The number of amides is 2. The van der Waals surface area contributed by atoms with Gasteiger partial charge in [0.1, 0.15) is 17.5 Å². The summed E-state index contributed by atoms with van der Waals surface area (Å²) in [5.74, 6) is 1.79. The van der Waals surface area contributed by atoms with Crippen LogP contribution in [0, 0.1) is 0 Å². The number of nitrogens with one attached hydrogen (secondary N) is 2. The van der Waals surface area contributed by atoms with E-state index < -0.39 is 11.9 Å². The van der Waals surface area contributed by atoms with Crippen molar-refractivity contribution < 1.29 is 28.5 Å². The molecule has 0 saturated heterocycles. The summed E-state index contributed by atoms with van der Waals surface area (Å²) < 4.78 is 21.0. The molecule has 0 spiro atoms. The Labute approximate surface area is 197 Å². The first-order chi connectivity index (χ1) is 16.6. The summed E-state index contributed by atoms with van der Waals surface area (Å²) in [5.41, 5.74) is 1.95. The molecule has 0 bridgehead atoms. The molecule has 0 saturated carbocycles. The molecule has 3 aromatic rings. The Morgan fingerprint density at radius 2 is 1.53 bits per heavy atom. The van der Waals surface area contributed by atoms with E-state index in [0.717, 1.165) is 5.56 Å². The molecule has 0 fully saturated rings. The number of carbonyl (C=O) groups is 2. The molecule has 0 radical (unpaired) electrons. The van der Waals surface area contributed by atoms with E-state index in [9.17, 15) is 9.59 Å². The predicted octanol–water partition coefficient (Wildman–Crippen LogP) is 3.94. The van der Waals surface area contributed by atoms with Gasteiger partial charge in [-0.3, -0.25) is 9.59 Å². The quantitative estimate of drug-likeness (QED) is 0.495. The maximum Gasteiger partial charge on any atom is 0.251 e. The molecular formula is C26H24N2O6. The molecule has 0 aromatic heterocycles. The van der Waals surface area contributed by atoms with E-state index >= 15 is 0 Å². The summed E-state index contributed by atoms with van der Waals surface area (Å²) in [7, 11) is 3.13. The van der Waals surface area contributed by atoms with Crippen LogP contribution in [0.2, 0.25) is 0 Å². The second kappa shape index (κ2) is 10.4. The minimum absolute atomic E-state index is 0.176. The van der Waals surface area contributed by atoms with E-state index in [1.807, 2.05) is 6.07 Å². The Morgan fingerprint density at radius 3 is 2.21 bits per heavy atom. The van der Waals surface area contributed by atoms with E-state index in [0.29, 0.717) is 34.2 Å². The number of benzene rings is 3. The van der Waals surface area contributed by atoms with E-state index in [2.05, 4.69) is 10.6 Å². The van der Waals surface area contributed by atoms with Crippen LogP contribution in [0.4, 0.5) is 5.69 Å². The highest BCUT2D eigenvalue weighted by atomic mass is 16.7. The number of fused-ring (bicyclic) bond motifs is 1. The van der Waals surface area contributed by atoms with Gasteiger partial charge in [0.15, 0.2) is 11.5 Å². The summed E-state index contributed by atoms with van der Waals surface area (Å²) in [6.45, 7) is 0.176. The number of hydrogen-bond donors (Lipinski definition) is 2. The van der Waals surface area contributed by atoms with Crippen LogP contribution in [0.1, 0.15) is 17.2 Å². The first kappa shape index (κ1) is 22.7. The summed E-state index contributed by atoms with van der Waals surface area (Å²) in [6, 6.07) is 18.3. The predicted molar refractivity (Wildman–Crippen MR) is 127 cm³/mol.